The molecular weight excluding hydrogens is 240 g/mol. The highest BCUT2D eigenvalue weighted by Crippen LogP contribution is 2.28. The largest absolute Gasteiger partial charge is 0.335 e. The van der Waals surface area contributed by atoms with Gasteiger partial charge in [0, 0.05) is 19.1 Å². The van der Waals surface area contributed by atoms with Crippen LogP contribution in [0, 0.1) is 0 Å². The average molecular weight is 258 g/mol. The molecule has 100 valence electrons. The normalized spacial score (nSPS) is 15.2. The second kappa shape index (κ2) is 5.36. The fourth-order valence-electron chi connectivity index (χ4n) is 2.38. The van der Waals surface area contributed by atoms with E-state index in [4.69, 9.17) is 5.73 Å². The predicted octanol–water partition coefficient (Wildman–Crippen LogP) is 0.980. The van der Waals surface area contributed by atoms with E-state index in [0.29, 0.717) is 12.6 Å². The maximum Gasteiger partial charge on any atom is 0.250 e. The molecule has 1 saturated carbocycles. The van der Waals surface area contributed by atoms with E-state index in [1.165, 1.54) is 19.3 Å². The Morgan fingerprint density at radius 3 is 2.68 bits per heavy atom. The first-order chi connectivity index (χ1) is 9.40. The standard InChI is InChI=1S/C13H18N6/c14-9-10-18(11-7-4-8-11)13-15-16-17-19(13)12-5-2-1-3-6-12/h1-3,5-6,11H,4,7-10,14H2. The van der Waals surface area contributed by atoms with Gasteiger partial charge >= 0.3 is 0 Å². The Morgan fingerprint density at radius 2 is 2.05 bits per heavy atom. The minimum atomic E-state index is 0.525. The van der Waals surface area contributed by atoms with Gasteiger partial charge < -0.3 is 10.6 Å². The van der Waals surface area contributed by atoms with Gasteiger partial charge in [0.15, 0.2) is 0 Å². The molecule has 1 aliphatic carbocycles. The summed E-state index contributed by atoms with van der Waals surface area (Å²) >= 11 is 0. The van der Waals surface area contributed by atoms with E-state index < -0.39 is 0 Å². The van der Waals surface area contributed by atoms with Crippen molar-refractivity contribution in [1.82, 2.24) is 20.2 Å². The summed E-state index contributed by atoms with van der Waals surface area (Å²) in [4.78, 5) is 2.23. The van der Waals surface area contributed by atoms with E-state index >= 15 is 0 Å². The van der Waals surface area contributed by atoms with Crippen molar-refractivity contribution >= 4 is 5.95 Å². The topological polar surface area (TPSA) is 72.9 Å². The number of benzene rings is 1. The van der Waals surface area contributed by atoms with Crippen LogP contribution in [0.3, 0.4) is 0 Å². The monoisotopic (exact) mass is 258 g/mol. The lowest BCUT2D eigenvalue weighted by Gasteiger charge is -2.37. The Balaban J connectivity index is 1.93. The number of nitrogens with two attached hydrogens (primary N) is 1. The van der Waals surface area contributed by atoms with E-state index in [2.05, 4.69) is 20.4 Å². The SMILES string of the molecule is NCCN(c1nnnn1-c1ccccc1)C1CCC1. The highest BCUT2D eigenvalue weighted by atomic mass is 15.6. The van der Waals surface area contributed by atoms with Crippen LogP contribution < -0.4 is 10.6 Å². The van der Waals surface area contributed by atoms with Gasteiger partial charge in [0.2, 0.25) is 0 Å². The van der Waals surface area contributed by atoms with E-state index in [-0.39, 0.29) is 0 Å². The molecule has 0 bridgehead atoms. The number of para-hydroxylation sites is 1. The van der Waals surface area contributed by atoms with Gasteiger partial charge in [0.25, 0.3) is 5.95 Å². The number of hydrogen-bond donors (Lipinski definition) is 1. The Kier molecular flexibility index (Phi) is 3.41. The van der Waals surface area contributed by atoms with Crippen LogP contribution >= 0.6 is 0 Å². The Hall–Kier alpha value is -1.95. The molecule has 19 heavy (non-hydrogen) atoms. The molecule has 1 aromatic heterocycles. The summed E-state index contributed by atoms with van der Waals surface area (Å²) in [6.45, 7) is 1.40. The van der Waals surface area contributed by atoms with Crippen molar-refractivity contribution in [3.63, 3.8) is 0 Å². The summed E-state index contributed by atoms with van der Waals surface area (Å²) in [6, 6.07) is 10.5. The lowest BCUT2D eigenvalue weighted by atomic mass is 9.91. The molecule has 0 amide bonds. The molecule has 0 radical (unpaired) electrons. The highest BCUT2D eigenvalue weighted by Gasteiger charge is 2.28. The quantitative estimate of drug-likeness (QED) is 0.865. The fourth-order valence-corrected chi connectivity index (χ4v) is 2.38. The first-order valence-electron chi connectivity index (χ1n) is 6.70. The summed E-state index contributed by atoms with van der Waals surface area (Å²) in [7, 11) is 0. The molecule has 1 aliphatic rings. The number of rotatable bonds is 5. The van der Waals surface area contributed by atoms with E-state index in [1.54, 1.807) is 4.68 Å². The second-order valence-electron chi connectivity index (χ2n) is 4.79. The van der Waals surface area contributed by atoms with Gasteiger partial charge in [-0.05, 0) is 41.8 Å². The molecule has 6 heteroatoms. The number of tetrazole rings is 1. The van der Waals surface area contributed by atoms with Crippen LogP contribution in [-0.4, -0.2) is 39.3 Å². The third kappa shape index (κ3) is 2.31. The molecule has 0 spiro atoms. The maximum atomic E-state index is 5.72. The molecule has 3 rings (SSSR count). The van der Waals surface area contributed by atoms with E-state index in [9.17, 15) is 0 Å². The van der Waals surface area contributed by atoms with Crippen molar-refractivity contribution < 1.29 is 0 Å². The summed E-state index contributed by atoms with van der Waals surface area (Å²) in [5, 5.41) is 12.1. The molecule has 0 unspecified atom stereocenters. The van der Waals surface area contributed by atoms with Gasteiger partial charge in [-0.1, -0.05) is 23.3 Å². The van der Waals surface area contributed by atoms with Crippen molar-refractivity contribution in [2.24, 2.45) is 5.73 Å². The average Bonchev–Trinajstić information content (AvgIpc) is 2.86. The molecule has 0 atom stereocenters. The van der Waals surface area contributed by atoms with Gasteiger partial charge in [-0.15, -0.1) is 0 Å². The molecule has 6 nitrogen and oxygen atoms in total. The van der Waals surface area contributed by atoms with Crippen molar-refractivity contribution in [3.05, 3.63) is 30.3 Å². The minimum absolute atomic E-state index is 0.525. The van der Waals surface area contributed by atoms with Crippen LogP contribution in [0.1, 0.15) is 19.3 Å². The maximum absolute atomic E-state index is 5.72. The third-order valence-electron chi connectivity index (χ3n) is 3.60. The van der Waals surface area contributed by atoms with E-state index in [1.807, 2.05) is 30.3 Å². The van der Waals surface area contributed by atoms with Gasteiger partial charge in [0.05, 0.1) is 5.69 Å². The minimum Gasteiger partial charge on any atom is -0.335 e. The highest BCUT2D eigenvalue weighted by molar-refractivity contribution is 5.41. The van der Waals surface area contributed by atoms with Crippen molar-refractivity contribution in [1.29, 1.82) is 0 Å². The predicted molar refractivity (Wildman–Crippen MR) is 73.2 cm³/mol. The number of aromatic nitrogens is 4. The molecular formula is C13H18N6. The van der Waals surface area contributed by atoms with Gasteiger partial charge in [0.1, 0.15) is 0 Å². The molecule has 0 aliphatic heterocycles. The molecule has 1 aromatic carbocycles. The van der Waals surface area contributed by atoms with Crippen LogP contribution in [0.15, 0.2) is 30.3 Å². The lowest BCUT2D eigenvalue weighted by molar-refractivity contribution is 0.382. The zero-order valence-corrected chi connectivity index (χ0v) is 10.8. The van der Waals surface area contributed by atoms with Crippen molar-refractivity contribution in [2.75, 3.05) is 18.0 Å². The van der Waals surface area contributed by atoms with Gasteiger partial charge in [-0.2, -0.15) is 4.68 Å². The molecule has 0 saturated heterocycles. The number of anilines is 1. The first kappa shape index (κ1) is 12.1. The van der Waals surface area contributed by atoms with Crippen molar-refractivity contribution in [3.8, 4) is 5.69 Å². The molecule has 2 aromatic rings. The molecule has 1 fully saturated rings. The second-order valence-corrected chi connectivity index (χ2v) is 4.79. The zero-order valence-electron chi connectivity index (χ0n) is 10.8. The van der Waals surface area contributed by atoms with Crippen LogP contribution in [0.5, 0.6) is 0 Å². The van der Waals surface area contributed by atoms with E-state index in [0.717, 1.165) is 18.2 Å². The van der Waals surface area contributed by atoms with Gasteiger partial charge in [-0.3, -0.25) is 0 Å². The third-order valence-corrected chi connectivity index (χ3v) is 3.60. The van der Waals surface area contributed by atoms with Gasteiger partial charge in [-0.25, -0.2) is 0 Å². The summed E-state index contributed by atoms with van der Waals surface area (Å²) in [6.07, 6.45) is 3.67. The van der Waals surface area contributed by atoms with Crippen molar-refractivity contribution in [2.45, 2.75) is 25.3 Å². The zero-order chi connectivity index (χ0) is 13.1. The Bertz CT molecular complexity index is 519. The van der Waals surface area contributed by atoms with Crippen LogP contribution in [0.4, 0.5) is 5.95 Å². The molecule has 1 heterocycles. The van der Waals surface area contributed by atoms with Crippen LogP contribution in [0.25, 0.3) is 5.69 Å². The fraction of sp³-hybridized carbons (Fsp3) is 0.462. The number of hydrogen-bond acceptors (Lipinski definition) is 5. The smallest absolute Gasteiger partial charge is 0.250 e. The van der Waals surface area contributed by atoms with Crippen LogP contribution in [-0.2, 0) is 0 Å². The number of nitrogens with zero attached hydrogens (tertiary/aromatic N) is 5. The summed E-state index contributed by atoms with van der Waals surface area (Å²) < 4.78 is 1.79. The molecule has 2 N–H and O–H groups in total. The Labute approximate surface area is 112 Å². The lowest BCUT2D eigenvalue weighted by Crippen LogP contribution is -2.44. The summed E-state index contributed by atoms with van der Waals surface area (Å²) in [5.74, 6) is 0.793. The first-order valence-corrected chi connectivity index (χ1v) is 6.70. The Morgan fingerprint density at radius 1 is 1.26 bits per heavy atom. The van der Waals surface area contributed by atoms with Crippen LogP contribution in [0.2, 0.25) is 0 Å². The summed E-state index contributed by atoms with van der Waals surface area (Å²) in [5.41, 5.74) is 6.70.